The highest BCUT2D eigenvalue weighted by molar-refractivity contribution is 5.49. The third-order valence-electron chi connectivity index (χ3n) is 2.93. The number of hydrogen-bond acceptors (Lipinski definition) is 2. The lowest BCUT2D eigenvalue weighted by atomic mass is 10.0. The van der Waals surface area contributed by atoms with Crippen molar-refractivity contribution in [2.45, 2.75) is 18.9 Å². The molecular weight excluding hydrogens is 190 g/mol. The molecule has 15 heavy (non-hydrogen) atoms. The Bertz CT molecular complexity index is 334. The van der Waals surface area contributed by atoms with E-state index in [-0.39, 0.29) is 6.04 Å². The fourth-order valence-corrected chi connectivity index (χ4v) is 2.10. The van der Waals surface area contributed by atoms with Gasteiger partial charge in [0, 0.05) is 6.54 Å². The van der Waals surface area contributed by atoms with Gasteiger partial charge in [0.25, 0.3) is 0 Å². The van der Waals surface area contributed by atoms with E-state index in [0.717, 1.165) is 31.5 Å². The van der Waals surface area contributed by atoms with Gasteiger partial charge in [-0.25, -0.2) is 0 Å². The van der Waals surface area contributed by atoms with E-state index in [1.165, 1.54) is 5.56 Å². The molecule has 0 saturated carbocycles. The number of ether oxygens (including phenoxy) is 1. The van der Waals surface area contributed by atoms with Crippen LogP contribution in [0.2, 0.25) is 0 Å². The zero-order chi connectivity index (χ0) is 10.7. The monoisotopic (exact) mass is 205 g/mol. The Kier molecular flexibility index (Phi) is 2.90. The number of hydrogen-bond donors (Lipinski definition) is 0. The van der Waals surface area contributed by atoms with Gasteiger partial charge in [-0.05, 0) is 30.5 Å². The quantitative estimate of drug-likeness (QED) is 0.706. The van der Waals surface area contributed by atoms with Gasteiger partial charge in [-0.3, -0.25) is 4.79 Å². The molecular formula is C12H15NO2. The lowest BCUT2D eigenvalue weighted by molar-refractivity contribution is -0.118. The summed E-state index contributed by atoms with van der Waals surface area (Å²) in [5.74, 6) is 0.856. The van der Waals surface area contributed by atoms with Crippen LogP contribution in [0.1, 0.15) is 24.4 Å². The van der Waals surface area contributed by atoms with Crippen molar-refractivity contribution in [3.8, 4) is 5.75 Å². The molecule has 1 aliphatic heterocycles. The summed E-state index contributed by atoms with van der Waals surface area (Å²) >= 11 is 0. The highest BCUT2D eigenvalue weighted by Crippen LogP contribution is 2.31. The molecule has 3 heteroatoms. The van der Waals surface area contributed by atoms with Gasteiger partial charge in [0.2, 0.25) is 6.41 Å². The Hall–Kier alpha value is -1.51. The molecule has 80 valence electrons. The van der Waals surface area contributed by atoms with Gasteiger partial charge in [-0.1, -0.05) is 12.1 Å². The summed E-state index contributed by atoms with van der Waals surface area (Å²) in [6.45, 7) is 0.875. The van der Waals surface area contributed by atoms with Crippen LogP contribution < -0.4 is 4.74 Å². The first-order valence-electron chi connectivity index (χ1n) is 5.20. The smallest absolute Gasteiger partial charge is 0.210 e. The zero-order valence-corrected chi connectivity index (χ0v) is 8.85. The molecule has 0 aliphatic carbocycles. The van der Waals surface area contributed by atoms with Crippen LogP contribution >= 0.6 is 0 Å². The van der Waals surface area contributed by atoms with Crippen LogP contribution in [0.5, 0.6) is 5.75 Å². The minimum Gasteiger partial charge on any atom is -0.497 e. The summed E-state index contributed by atoms with van der Waals surface area (Å²) in [7, 11) is 1.66. The Balaban J connectivity index is 2.17. The number of methoxy groups -OCH3 is 1. The van der Waals surface area contributed by atoms with Crippen molar-refractivity contribution < 1.29 is 9.53 Å². The van der Waals surface area contributed by atoms with Gasteiger partial charge in [0.05, 0.1) is 13.2 Å². The molecule has 1 aliphatic rings. The molecule has 2 rings (SSSR count). The molecule has 1 amide bonds. The van der Waals surface area contributed by atoms with Crippen LogP contribution in [0.15, 0.2) is 24.3 Å². The molecule has 1 fully saturated rings. The maximum absolute atomic E-state index is 10.8. The van der Waals surface area contributed by atoms with E-state index < -0.39 is 0 Å². The summed E-state index contributed by atoms with van der Waals surface area (Å²) in [6, 6.07) is 8.21. The summed E-state index contributed by atoms with van der Waals surface area (Å²) in [4.78, 5) is 12.7. The predicted octanol–water partition coefficient (Wildman–Crippen LogP) is 1.99. The molecule has 3 nitrogen and oxygen atoms in total. The number of likely N-dealkylation sites (tertiary alicyclic amines) is 1. The number of amides is 1. The Labute approximate surface area is 89.7 Å². The van der Waals surface area contributed by atoms with Crippen LogP contribution in [0, 0.1) is 0 Å². The molecule has 0 radical (unpaired) electrons. The summed E-state index contributed by atoms with van der Waals surface area (Å²) in [6.07, 6.45) is 3.10. The minimum atomic E-state index is 0.258. The molecule has 0 unspecified atom stereocenters. The molecule has 1 aromatic carbocycles. The first-order valence-corrected chi connectivity index (χ1v) is 5.20. The second-order valence-corrected chi connectivity index (χ2v) is 3.77. The number of nitrogens with zero attached hydrogens (tertiary/aromatic N) is 1. The van der Waals surface area contributed by atoms with Crippen molar-refractivity contribution >= 4 is 6.41 Å². The van der Waals surface area contributed by atoms with E-state index in [9.17, 15) is 4.79 Å². The fraction of sp³-hybridized carbons (Fsp3) is 0.417. The maximum atomic E-state index is 10.8. The van der Waals surface area contributed by atoms with Crippen molar-refractivity contribution in [2.24, 2.45) is 0 Å². The third kappa shape index (κ3) is 1.96. The highest BCUT2D eigenvalue weighted by atomic mass is 16.5. The first-order chi connectivity index (χ1) is 7.35. The molecule has 0 spiro atoms. The van der Waals surface area contributed by atoms with Gasteiger partial charge in [-0.15, -0.1) is 0 Å². The predicted molar refractivity (Wildman–Crippen MR) is 57.7 cm³/mol. The largest absolute Gasteiger partial charge is 0.497 e. The molecule has 1 aromatic rings. The third-order valence-corrected chi connectivity index (χ3v) is 2.93. The van der Waals surface area contributed by atoms with Gasteiger partial charge in [0.15, 0.2) is 0 Å². The average Bonchev–Trinajstić information content (AvgIpc) is 2.77. The molecule has 0 bridgehead atoms. The topological polar surface area (TPSA) is 29.5 Å². The van der Waals surface area contributed by atoms with E-state index >= 15 is 0 Å². The molecule has 1 atom stereocenters. The fourth-order valence-electron chi connectivity index (χ4n) is 2.10. The number of rotatable bonds is 3. The van der Waals surface area contributed by atoms with E-state index in [4.69, 9.17) is 4.74 Å². The Morgan fingerprint density at radius 3 is 2.73 bits per heavy atom. The lowest BCUT2D eigenvalue weighted by Gasteiger charge is -2.20. The van der Waals surface area contributed by atoms with Gasteiger partial charge >= 0.3 is 0 Å². The molecule has 0 N–H and O–H groups in total. The highest BCUT2D eigenvalue weighted by Gasteiger charge is 2.24. The van der Waals surface area contributed by atoms with Crippen LogP contribution in [-0.4, -0.2) is 25.0 Å². The number of carbonyl (C=O) groups excluding carboxylic acids is 1. The number of benzene rings is 1. The van der Waals surface area contributed by atoms with Crippen molar-refractivity contribution in [3.63, 3.8) is 0 Å². The molecule has 0 aromatic heterocycles. The maximum Gasteiger partial charge on any atom is 0.210 e. The normalized spacial score (nSPS) is 20.3. The van der Waals surface area contributed by atoms with Gasteiger partial charge < -0.3 is 9.64 Å². The van der Waals surface area contributed by atoms with Crippen molar-refractivity contribution in [2.75, 3.05) is 13.7 Å². The second-order valence-electron chi connectivity index (χ2n) is 3.77. The van der Waals surface area contributed by atoms with E-state index in [2.05, 4.69) is 0 Å². The Morgan fingerprint density at radius 1 is 1.40 bits per heavy atom. The summed E-state index contributed by atoms with van der Waals surface area (Å²) in [5, 5.41) is 0. The molecule has 1 heterocycles. The SMILES string of the molecule is COc1ccc([C@@H]2CCCN2C=O)cc1. The van der Waals surface area contributed by atoms with E-state index in [1.54, 1.807) is 7.11 Å². The van der Waals surface area contributed by atoms with Crippen LogP contribution in [0.3, 0.4) is 0 Å². The van der Waals surface area contributed by atoms with E-state index in [0.29, 0.717) is 0 Å². The summed E-state index contributed by atoms with van der Waals surface area (Å²) < 4.78 is 5.10. The standard InChI is InChI=1S/C12H15NO2/c1-15-11-6-4-10(5-7-11)12-3-2-8-13(12)9-14/h4-7,9,12H,2-3,8H2,1H3/t12-/m0/s1. The number of carbonyl (C=O) groups is 1. The summed E-state index contributed by atoms with van der Waals surface area (Å²) in [5.41, 5.74) is 1.19. The average molecular weight is 205 g/mol. The van der Waals surface area contributed by atoms with Crippen LogP contribution in [-0.2, 0) is 4.79 Å². The molecule has 1 saturated heterocycles. The van der Waals surface area contributed by atoms with Gasteiger partial charge in [0.1, 0.15) is 5.75 Å². The van der Waals surface area contributed by atoms with Crippen molar-refractivity contribution in [3.05, 3.63) is 29.8 Å². The second kappa shape index (κ2) is 4.34. The zero-order valence-electron chi connectivity index (χ0n) is 8.85. The van der Waals surface area contributed by atoms with Crippen LogP contribution in [0.25, 0.3) is 0 Å². The van der Waals surface area contributed by atoms with Crippen LogP contribution in [0.4, 0.5) is 0 Å². The van der Waals surface area contributed by atoms with E-state index in [1.807, 2.05) is 29.2 Å². The minimum absolute atomic E-state index is 0.258. The Morgan fingerprint density at radius 2 is 2.13 bits per heavy atom. The van der Waals surface area contributed by atoms with Crippen molar-refractivity contribution in [1.82, 2.24) is 4.90 Å². The van der Waals surface area contributed by atoms with Crippen molar-refractivity contribution in [1.29, 1.82) is 0 Å². The van der Waals surface area contributed by atoms with Gasteiger partial charge in [-0.2, -0.15) is 0 Å². The first kappa shape index (κ1) is 10.0. The lowest BCUT2D eigenvalue weighted by Crippen LogP contribution is -2.20.